The second-order valence-corrected chi connectivity index (χ2v) is 3.09. The number of benzene rings is 1. The summed E-state index contributed by atoms with van der Waals surface area (Å²) in [5, 5.41) is 24.8. The maximum absolute atomic E-state index is 10.6. The Morgan fingerprint density at radius 3 is 2.69 bits per heavy atom. The van der Waals surface area contributed by atoms with Crippen LogP contribution in [0.15, 0.2) is 24.3 Å². The van der Waals surface area contributed by atoms with Crippen molar-refractivity contribution in [1.29, 1.82) is 0 Å². The average Bonchev–Trinajstić information content (AvgIpc) is 2.80. The second-order valence-electron chi connectivity index (χ2n) is 3.09. The van der Waals surface area contributed by atoms with E-state index in [-0.39, 0.29) is 5.56 Å². The Hall–Kier alpha value is -2.44. The summed E-state index contributed by atoms with van der Waals surface area (Å²) in [6.07, 6.45) is 0. The number of carbonyl (C=O) groups is 1. The third-order valence-corrected chi connectivity index (χ3v) is 2.00. The molecule has 7 nitrogen and oxygen atoms in total. The SMILES string of the molecule is O=C(O)c1ccc(CNc2nn[nH]n2)cc1. The number of tetrazole rings is 1. The van der Waals surface area contributed by atoms with Crippen molar-refractivity contribution < 1.29 is 9.90 Å². The molecule has 0 saturated heterocycles. The van der Waals surface area contributed by atoms with Crippen LogP contribution in [0.5, 0.6) is 0 Å². The highest BCUT2D eigenvalue weighted by atomic mass is 16.4. The molecule has 0 amide bonds. The summed E-state index contributed by atoms with van der Waals surface area (Å²) >= 11 is 0. The third-order valence-electron chi connectivity index (χ3n) is 2.00. The molecule has 0 aliphatic rings. The number of nitrogens with one attached hydrogen (secondary N) is 2. The van der Waals surface area contributed by atoms with E-state index in [4.69, 9.17) is 5.11 Å². The summed E-state index contributed by atoms with van der Waals surface area (Å²) in [5.74, 6) is -0.528. The number of aromatic amines is 1. The largest absolute Gasteiger partial charge is 0.478 e. The van der Waals surface area contributed by atoms with Crippen molar-refractivity contribution in [2.24, 2.45) is 0 Å². The van der Waals surface area contributed by atoms with Crippen molar-refractivity contribution in [1.82, 2.24) is 20.6 Å². The minimum absolute atomic E-state index is 0.267. The van der Waals surface area contributed by atoms with Gasteiger partial charge in [-0.3, -0.25) is 0 Å². The van der Waals surface area contributed by atoms with E-state index in [1.807, 2.05) is 0 Å². The predicted octanol–water partition coefficient (Wildman–Crippen LogP) is 0.510. The van der Waals surface area contributed by atoms with E-state index in [9.17, 15) is 4.79 Å². The van der Waals surface area contributed by atoms with Crippen LogP contribution in [0.3, 0.4) is 0 Å². The number of carboxylic acid groups (broad SMARTS) is 1. The first-order valence-corrected chi connectivity index (χ1v) is 4.55. The molecular weight excluding hydrogens is 210 g/mol. The van der Waals surface area contributed by atoms with Crippen LogP contribution in [0.2, 0.25) is 0 Å². The Labute approximate surface area is 90.5 Å². The molecule has 2 rings (SSSR count). The molecule has 7 heteroatoms. The van der Waals surface area contributed by atoms with Crippen molar-refractivity contribution in [3.8, 4) is 0 Å². The van der Waals surface area contributed by atoms with E-state index in [1.165, 1.54) is 0 Å². The first-order chi connectivity index (χ1) is 7.75. The van der Waals surface area contributed by atoms with Gasteiger partial charge < -0.3 is 10.4 Å². The highest BCUT2D eigenvalue weighted by molar-refractivity contribution is 5.87. The number of anilines is 1. The summed E-state index contributed by atoms with van der Waals surface area (Å²) in [5.41, 5.74) is 1.21. The van der Waals surface area contributed by atoms with Crippen LogP contribution in [0.1, 0.15) is 15.9 Å². The minimum Gasteiger partial charge on any atom is -0.478 e. The monoisotopic (exact) mass is 219 g/mol. The summed E-state index contributed by atoms with van der Waals surface area (Å²) in [6.45, 7) is 0.513. The van der Waals surface area contributed by atoms with Crippen molar-refractivity contribution in [2.75, 3.05) is 5.32 Å². The molecule has 0 radical (unpaired) electrons. The van der Waals surface area contributed by atoms with E-state index in [0.717, 1.165) is 5.56 Å². The molecule has 0 bridgehead atoms. The van der Waals surface area contributed by atoms with Crippen molar-refractivity contribution in [2.45, 2.75) is 6.54 Å². The zero-order chi connectivity index (χ0) is 11.4. The zero-order valence-corrected chi connectivity index (χ0v) is 8.21. The fraction of sp³-hybridized carbons (Fsp3) is 0.111. The second kappa shape index (κ2) is 4.39. The van der Waals surface area contributed by atoms with E-state index in [2.05, 4.69) is 25.9 Å². The lowest BCUT2D eigenvalue weighted by Crippen LogP contribution is -2.02. The fourth-order valence-electron chi connectivity index (χ4n) is 1.18. The van der Waals surface area contributed by atoms with Crippen LogP contribution in [-0.4, -0.2) is 31.7 Å². The normalized spacial score (nSPS) is 10.0. The maximum atomic E-state index is 10.6. The number of hydrogen-bond acceptors (Lipinski definition) is 5. The number of carboxylic acids is 1. The molecule has 16 heavy (non-hydrogen) atoms. The van der Waals surface area contributed by atoms with Crippen molar-refractivity contribution in [3.63, 3.8) is 0 Å². The number of H-pyrrole nitrogens is 1. The first-order valence-electron chi connectivity index (χ1n) is 4.55. The molecule has 0 aliphatic heterocycles. The number of nitrogens with zero attached hydrogens (tertiary/aromatic N) is 3. The van der Waals surface area contributed by atoms with Crippen LogP contribution in [0, 0.1) is 0 Å². The van der Waals surface area contributed by atoms with Crippen LogP contribution in [-0.2, 0) is 6.54 Å². The molecule has 3 N–H and O–H groups in total. The predicted molar refractivity (Wildman–Crippen MR) is 54.9 cm³/mol. The summed E-state index contributed by atoms with van der Waals surface area (Å²) in [4.78, 5) is 10.6. The summed E-state index contributed by atoms with van der Waals surface area (Å²) < 4.78 is 0. The van der Waals surface area contributed by atoms with E-state index in [1.54, 1.807) is 24.3 Å². The lowest BCUT2D eigenvalue weighted by atomic mass is 10.1. The molecule has 82 valence electrons. The molecule has 1 heterocycles. The Balaban J connectivity index is 1.98. The highest BCUT2D eigenvalue weighted by Gasteiger charge is 2.02. The van der Waals surface area contributed by atoms with Gasteiger partial charge in [-0.25, -0.2) is 4.79 Å². The van der Waals surface area contributed by atoms with Gasteiger partial charge in [-0.1, -0.05) is 17.2 Å². The molecule has 1 aromatic heterocycles. The van der Waals surface area contributed by atoms with Gasteiger partial charge in [0.2, 0.25) is 0 Å². The standard InChI is InChI=1S/C9H9N5O2/c15-8(16)7-3-1-6(2-4-7)5-10-9-11-13-14-12-9/h1-4H,5H2,(H,15,16)(H2,10,11,12,13,14). The van der Waals surface area contributed by atoms with Gasteiger partial charge in [0, 0.05) is 6.54 Å². The number of aromatic carboxylic acids is 1. The van der Waals surface area contributed by atoms with Gasteiger partial charge in [0.1, 0.15) is 0 Å². The van der Waals surface area contributed by atoms with Crippen LogP contribution < -0.4 is 5.32 Å². The van der Waals surface area contributed by atoms with Gasteiger partial charge in [-0.15, -0.1) is 5.10 Å². The minimum atomic E-state index is -0.933. The number of hydrogen-bond donors (Lipinski definition) is 3. The quantitative estimate of drug-likeness (QED) is 0.692. The van der Waals surface area contributed by atoms with E-state index in [0.29, 0.717) is 12.5 Å². The maximum Gasteiger partial charge on any atom is 0.335 e. The summed E-state index contributed by atoms with van der Waals surface area (Å²) in [6, 6.07) is 6.57. The highest BCUT2D eigenvalue weighted by Crippen LogP contribution is 2.05. The van der Waals surface area contributed by atoms with Crippen LogP contribution in [0.25, 0.3) is 0 Å². The fourth-order valence-corrected chi connectivity index (χ4v) is 1.18. The molecular formula is C9H9N5O2. The third kappa shape index (κ3) is 2.32. The van der Waals surface area contributed by atoms with Gasteiger partial charge in [0.15, 0.2) is 0 Å². The van der Waals surface area contributed by atoms with Gasteiger partial charge >= 0.3 is 5.97 Å². The number of aromatic nitrogens is 4. The van der Waals surface area contributed by atoms with Crippen LogP contribution >= 0.6 is 0 Å². The molecule has 0 unspecified atom stereocenters. The molecule has 0 saturated carbocycles. The molecule has 0 aliphatic carbocycles. The Morgan fingerprint density at radius 2 is 2.12 bits per heavy atom. The Kier molecular flexibility index (Phi) is 2.77. The Bertz CT molecular complexity index is 465. The van der Waals surface area contributed by atoms with Crippen LogP contribution in [0.4, 0.5) is 5.95 Å². The topological polar surface area (TPSA) is 104 Å². The van der Waals surface area contributed by atoms with Gasteiger partial charge in [-0.05, 0) is 22.9 Å². The lowest BCUT2D eigenvalue weighted by Gasteiger charge is -2.01. The molecule has 0 spiro atoms. The first kappa shape index (κ1) is 10.1. The number of rotatable bonds is 4. The van der Waals surface area contributed by atoms with Gasteiger partial charge in [0.05, 0.1) is 5.56 Å². The van der Waals surface area contributed by atoms with Gasteiger partial charge in [0.25, 0.3) is 5.95 Å². The van der Waals surface area contributed by atoms with E-state index >= 15 is 0 Å². The molecule has 0 fully saturated rings. The molecule has 2 aromatic rings. The van der Waals surface area contributed by atoms with Crippen molar-refractivity contribution in [3.05, 3.63) is 35.4 Å². The average molecular weight is 219 g/mol. The van der Waals surface area contributed by atoms with Crippen molar-refractivity contribution >= 4 is 11.9 Å². The van der Waals surface area contributed by atoms with E-state index < -0.39 is 5.97 Å². The lowest BCUT2D eigenvalue weighted by molar-refractivity contribution is 0.0697. The Morgan fingerprint density at radius 1 is 1.38 bits per heavy atom. The summed E-state index contributed by atoms with van der Waals surface area (Å²) in [7, 11) is 0. The van der Waals surface area contributed by atoms with Gasteiger partial charge in [-0.2, -0.15) is 5.21 Å². The zero-order valence-electron chi connectivity index (χ0n) is 8.21. The molecule has 1 aromatic carbocycles. The smallest absolute Gasteiger partial charge is 0.335 e. The molecule has 0 atom stereocenters.